The molecule has 1 aliphatic carbocycles. The Balaban J connectivity index is 1.15. The summed E-state index contributed by atoms with van der Waals surface area (Å²) in [5, 5.41) is 3.49. The minimum Gasteiger partial charge on any atom is -0.361 e. The molecule has 0 atom stereocenters. The summed E-state index contributed by atoms with van der Waals surface area (Å²) in [4.78, 5) is 19.7. The SMILES string of the molecule is O=C(CC1CCC(c2c[nH]c3ccccc23)CC1)N1CC=C(c2cccs2)CC1. The molecule has 1 amide bonds. The van der Waals surface area contributed by atoms with Gasteiger partial charge >= 0.3 is 0 Å². The summed E-state index contributed by atoms with van der Waals surface area (Å²) in [5.74, 6) is 1.53. The second kappa shape index (κ2) is 8.19. The van der Waals surface area contributed by atoms with Gasteiger partial charge in [0.25, 0.3) is 0 Å². The van der Waals surface area contributed by atoms with Crippen molar-refractivity contribution in [2.45, 2.75) is 44.4 Å². The Kier molecular flexibility index (Phi) is 5.28. The Morgan fingerprint density at radius 2 is 1.97 bits per heavy atom. The maximum Gasteiger partial charge on any atom is 0.223 e. The highest BCUT2D eigenvalue weighted by atomic mass is 32.1. The number of hydrogen-bond donors (Lipinski definition) is 1. The number of benzene rings is 1. The number of amides is 1. The zero-order valence-electron chi connectivity index (χ0n) is 16.8. The van der Waals surface area contributed by atoms with Gasteiger partial charge in [0.2, 0.25) is 5.91 Å². The lowest BCUT2D eigenvalue weighted by Gasteiger charge is -2.31. The van der Waals surface area contributed by atoms with Crippen LogP contribution < -0.4 is 0 Å². The molecule has 2 aromatic heterocycles. The van der Waals surface area contributed by atoms with Crippen molar-refractivity contribution in [2.24, 2.45) is 5.92 Å². The van der Waals surface area contributed by atoms with E-state index in [1.807, 2.05) is 0 Å². The Labute approximate surface area is 176 Å². The van der Waals surface area contributed by atoms with E-state index in [0.29, 0.717) is 17.7 Å². The highest BCUT2D eigenvalue weighted by Gasteiger charge is 2.27. The molecule has 29 heavy (non-hydrogen) atoms. The van der Waals surface area contributed by atoms with Gasteiger partial charge in [0, 0.05) is 41.5 Å². The monoisotopic (exact) mass is 404 g/mol. The van der Waals surface area contributed by atoms with Gasteiger partial charge in [-0.2, -0.15) is 0 Å². The molecule has 1 fully saturated rings. The van der Waals surface area contributed by atoms with Crippen molar-refractivity contribution in [3.05, 3.63) is 64.5 Å². The molecule has 0 saturated heterocycles. The van der Waals surface area contributed by atoms with Crippen LogP contribution in [0.3, 0.4) is 0 Å². The third-order valence-electron chi connectivity index (χ3n) is 6.77. The maximum atomic E-state index is 12.8. The average molecular weight is 405 g/mol. The highest BCUT2D eigenvalue weighted by molar-refractivity contribution is 7.11. The molecule has 1 saturated carbocycles. The maximum absolute atomic E-state index is 12.8. The number of nitrogens with one attached hydrogen (secondary N) is 1. The number of aromatic amines is 1. The molecular formula is C25H28N2OS. The fourth-order valence-electron chi connectivity index (χ4n) is 5.07. The van der Waals surface area contributed by atoms with E-state index >= 15 is 0 Å². The quantitative estimate of drug-likeness (QED) is 0.551. The molecule has 1 aromatic carbocycles. The number of H-pyrrole nitrogens is 1. The molecule has 3 heterocycles. The van der Waals surface area contributed by atoms with E-state index in [4.69, 9.17) is 0 Å². The van der Waals surface area contributed by atoms with E-state index in [1.165, 1.54) is 52.6 Å². The highest BCUT2D eigenvalue weighted by Crippen LogP contribution is 2.40. The minimum atomic E-state index is 0.349. The minimum absolute atomic E-state index is 0.349. The molecule has 2 aliphatic rings. The lowest BCUT2D eigenvalue weighted by molar-refractivity contribution is -0.132. The summed E-state index contributed by atoms with van der Waals surface area (Å²) in [6, 6.07) is 12.9. The van der Waals surface area contributed by atoms with Gasteiger partial charge < -0.3 is 9.88 Å². The number of carbonyl (C=O) groups is 1. The Morgan fingerprint density at radius 1 is 1.10 bits per heavy atom. The van der Waals surface area contributed by atoms with Crippen molar-refractivity contribution in [3.8, 4) is 0 Å². The number of aromatic nitrogens is 1. The van der Waals surface area contributed by atoms with Gasteiger partial charge in [-0.3, -0.25) is 4.79 Å². The van der Waals surface area contributed by atoms with Crippen LogP contribution in [0.15, 0.2) is 54.1 Å². The second-order valence-corrected chi connectivity index (χ2v) is 9.46. The van der Waals surface area contributed by atoms with Gasteiger partial charge in [0.05, 0.1) is 0 Å². The number of rotatable bonds is 4. The van der Waals surface area contributed by atoms with Crippen LogP contribution in [0.5, 0.6) is 0 Å². The molecule has 0 unspecified atom stereocenters. The van der Waals surface area contributed by atoms with Crippen LogP contribution in [0.25, 0.3) is 16.5 Å². The number of thiophene rings is 1. The number of hydrogen-bond acceptors (Lipinski definition) is 2. The zero-order chi connectivity index (χ0) is 19.6. The standard InChI is InChI=1S/C25H28N2OS/c28-25(27-13-11-20(12-14-27)24-6-3-15-29-24)16-18-7-9-19(10-8-18)22-17-26-23-5-2-1-4-21(22)23/h1-6,11,15,17-19,26H,7-10,12-14,16H2. The van der Waals surface area contributed by atoms with Crippen LogP contribution in [0.1, 0.15) is 54.9 Å². The van der Waals surface area contributed by atoms with E-state index in [2.05, 4.69) is 63.9 Å². The molecule has 150 valence electrons. The molecule has 5 rings (SSSR count). The van der Waals surface area contributed by atoms with Crippen LogP contribution in [0.4, 0.5) is 0 Å². The lowest BCUT2D eigenvalue weighted by atomic mass is 9.77. The Hall–Kier alpha value is -2.33. The van der Waals surface area contributed by atoms with Crippen LogP contribution >= 0.6 is 11.3 Å². The fraction of sp³-hybridized carbons (Fsp3) is 0.400. The van der Waals surface area contributed by atoms with Crippen molar-refractivity contribution in [2.75, 3.05) is 13.1 Å². The molecule has 3 aromatic rings. The summed E-state index contributed by atoms with van der Waals surface area (Å²) in [6.45, 7) is 1.64. The molecule has 0 bridgehead atoms. The van der Waals surface area contributed by atoms with Crippen LogP contribution in [0, 0.1) is 5.92 Å². The lowest BCUT2D eigenvalue weighted by Crippen LogP contribution is -2.36. The number of carbonyl (C=O) groups excluding carboxylic acids is 1. The van der Waals surface area contributed by atoms with Gasteiger partial charge in [-0.15, -0.1) is 11.3 Å². The van der Waals surface area contributed by atoms with Crippen LogP contribution in [-0.2, 0) is 4.79 Å². The molecule has 0 radical (unpaired) electrons. The van der Waals surface area contributed by atoms with E-state index in [-0.39, 0.29) is 0 Å². The van der Waals surface area contributed by atoms with E-state index < -0.39 is 0 Å². The predicted octanol–water partition coefficient (Wildman–Crippen LogP) is 6.21. The van der Waals surface area contributed by atoms with Crippen molar-refractivity contribution >= 4 is 33.7 Å². The molecule has 1 aliphatic heterocycles. The first-order chi connectivity index (χ1) is 14.3. The first kappa shape index (κ1) is 18.7. The van der Waals surface area contributed by atoms with Gasteiger partial charge in [0.1, 0.15) is 0 Å². The van der Waals surface area contributed by atoms with Crippen LogP contribution in [0.2, 0.25) is 0 Å². The fourth-order valence-corrected chi connectivity index (χ4v) is 5.86. The predicted molar refractivity (Wildman–Crippen MR) is 121 cm³/mol. The number of fused-ring (bicyclic) bond motifs is 1. The van der Waals surface area contributed by atoms with Crippen molar-refractivity contribution in [1.82, 2.24) is 9.88 Å². The first-order valence-corrected chi connectivity index (χ1v) is 11.7. The largest absolute Gasteiger partial charge is 0.361 e. The molecule has 3 nitrogen and oxygen atoms in total. The van der Waals surface area contributed by atoms with E-state index in [9.17, 15) is 4.79 Å². The third kappa shape index (κ3) is 3.91. The first-order valence-electron chi connectivity index (χ1n) is 10.8. The van der Waals surface area contributed by atoms with Crippen molar-refractivity contribution in [3.63, 3.8) is 0 Å². The Bertz CT molecular complexity index is 1010. The van der Waals surface area contributed by atoms with Crippen molar-refractivity contribution in [1.29, 1.82) is 0 Å². The van der Waals surface area contributed by atoms with E-state index in [0.717, 1.165) is 25.9 Å². The topological polar surface area (TPSA) is 36.1 Å². The number of para-hydroxylation sites is 1. The summed E-state index contributed by atoms with van der Waals surface area (Å²) in [5.41, 5.74) is 4.11. The molecule has 4 heteroatoms. The Morgan fingerprint density at radius 3 is 2.72 bits per heavy atom. The average Bonchev–Trinajstić information content (AvgIpc) is 3.45. The van der Waals surface area contributed by atoms with Gasteiger partial charge in [-0.25, -0.2) is 0 Å². The van der Waals surface area contributed by atoms with Gasteiger partial charge in [-0.1, -0.05) is 30.3 Å². The van der Waals surface area contributed by atoms with Crippen LogP contribution in [-0.4, -0.2) is 28.9 Å². The summed E-state index contributed by atoms with van der Waals surface area (Å²) >= 11 is 1.79. The zero-order valence-corrected chi connectivity index (χ0v) is 17.6. The smallest absolute Gasteiger partial charge is 0.223 e. The van der Waals surface area contributed by atoms with Crippen molar-refractivity contribution < 1.29 is 4.79 Å². The van der Waals surface area contributed by atoms with Gasteiger partial charge in [0.15, 0.2) is 0 Å². The summed E-state index contributed by atoms with van der Waals surface area (Å²) in [7, 11) is 0. The third-order valence-corrected chi connectivity index (χ3v) is 7.72. The molecular weight excluding hydrogens is 376 g/mol. The van der Waals surface area contributed by atoms with Gasteiger partial charge in [-0.05, 0) is 72.6 Å². The number of nitrogens with zero attached hydrogens (tertiary/aromatic N) is 1. The normalized spacial score (nSPS) is 22.6. The summed E-state index contributed by atoms with van der Waals surface area (Å²) in [6.07, 6.45) is 10.9. The molecule has 0 spiro atoms. The van der Waals surface area contributed by atoms with E-state index in [1.54, 1.807) is 11.3 Å². The summed E-state index contributed by atoms with van der Waals surface area (Å²) < 4.78 is 0. The molecule has 1 N–H and O–H groups in total. The second-order valence-electron chi connectivity index (χ2n) is 8.51.